The van der Waals surface area contributed by atoms with Crippen molar-refractivity contribution in [3.05, 3.63) is 98.4 Å². The van der Waals surface area contributed by atoms with Crippen LogP contribution < -0.4 is 15.6 Å². The number of rotatable bonds is 12. The zero-order chi connectivity index (χ0) is 30.3. The molecule has 1 saturated carbocycles. The van der Waals surface area contributed by atoms with Gasteiger partial charge in [0.2, 0.25) is 5.90 Å². The Balaban J connectivity index is 1.52. The van der Waals surface area contributed by atoms with Crippen molar-refractivity contribution in [2.45, 2.75) is 62.2 Å². The number of aliphatic imine (C=N–C) groups is 1. The molecule has 1 aliphatic carbocycles. The standard InChI is InChI=1S/C33H37Br2N3O5/c34-27-11-4-2-9-24(27)21-33(31(40)38-36-22-32(41)17-6-1-7-18-32)29(26-10-3-5-12-28(26)35)43-30(37-33)23-13-15-25(16-14-23)42-20-8-19-39/h2-5,9-16,29,36,39,41H,1,6-8,17-22H2,(H,38,40)/t29-,33-/m0/s1. The van der Waals surface area contributed by atoms with Crippen LogP contribution in [0.5, 0.6) is 5.75 Å². The second-order valence-electron chi connectivity index (χ2n) is 11.2. The monoisotopic (exact) mass is 713 g/mol. The van der Waals surface area contributed by atoms with Gasteiger partial charge in [-0.15, -0.1) is 0 Å². The Hall–Kier alpha value is -2.76. The minimum atomic E-state index is -1.39. The van der Waals surface area contributed by atoms with Crippen molar-refractivity contribution in [3.8, 4) is 5.75 Å². The first-order valence-electron chi connectivity index (χ1n) is 14.7. The molecule has 0 saturated heterocycles. The summed E-state index contributed by atoms with van der Waals surface area (Å²) in [7, 11) is 0. The van der Waals surface area contributed by atoms with E-state index in [0.29, 0.717) is 43.1 Å². The van der Waals surface area contributed by atoms with Crippen molar-refractivity contribution >= 4 is 43.7 Å². The van der Waals surface area contributed by atoms with Gasteiger partial charge in [-0.1, -0.05) is 87.5 Å². The first kappa shape index (κ1) is 31.7. The quantitative estimate of drug-likeness (QED) is 0.140. The lowest BCUT2D eigenvalue weighted by Crippen LogP contribution is -2.56. The van der Waals surface area contributed by atoms with Crippen molar-refractivity contribution in [1.82, 2.24) is 10.9 Å². The third kappa shape index (κ3) is 7.49. The van der Waals surface area contributed by atoms with E-state index in [-0.39, 0.29) is 25.5 Å². The molecule has 1 aliphatic heterocycles. The van der Waals surface area contributed by atoms with Crippen LogP contribution in [-0.4, -0.2) is 52.9 Å². The van der Waals surface area contributed by atoms with Crippen LogP contribution in [0, 0.1) is 0 Å². The molecule has 0 unspecified atom stereocenters. The maximum absolute atomic E-state index is 14.4. The first-order valence-corrected chi connectivity index (χ1v) is 16.3. The lowest BCUT2D eigenvalue weighted by Gasteiger charge is -2.34. The van der Waals surface area contributed by atoms with Crippen LogP contribution in [0.4, 0.5) is 0 Å². The van der Waals surface area contributed by atoms with Gasteiger partial charge in [0.1, 0.15) is 5.75 Å². The van der Waals surface area contributed by atoms with Crippen molar-refractivity contribution in [3.63, 3.8) is 0 Å². The van der Waals surface area contributed by atoms with E-state index in [1.165, 1.54) is 0 Å². The fourth-order valence-corrected chi connectivity index (χ4v) is 6.58. The van der Waals surface area contributed by atoms with Gasteiger partial charge in [0.05, 0.1) is 12.2 Å². The van der Waals surface area contributed by atoms with E-state index in [0.717, 1.165) is 39.3 Å². The van der Waals surface area contributed by atoms with Crippen LogP contribution >= 0.6 is 31.9 Å². The van der Waals surface area contributed by atoms with E-state index in [4.69, 9.17) is 19.6 Å². The Bertz CT molecular complexity index is 1430. The number of amides is 1. The van der Waals surface area contributed by atoms with Crippen molar-refractivity contribution in [1.29, 1.82) is 0 Å². The number of hydrogen-bond acceptors (Lipinski definition) is 7. The lowest BCUT2D eigenvalue weighted by atomic mass is 9.82. The zero-order valence-corrected chi connectivity index (χ0v) is 27.1. The molecule has 228 valence electrons. The van der Waals surface area contributed by atoms with Gasteiger partial charge < -0.3 is 19.7 Å². The SMILES string of the molecule is O=C(NNCC1(O)CCCCC1)[C@@]1(Cc2ccccc2Br)N=C(c2ccc(OCCCO)cc2)O[C@H]1c1ccccc1Br. The van der Waals surface area contributed by atoms with E-state index in [1.807, 2.05) is 72.8 Å². The van der Waals surface area contributed by atoms with Gasteiger partial charge in [-0.3, -0.25) is 10.2 Å². The van der Waals surface area contributed by atoms with Crippen LogP contribution in [0.1, 0.15) is 61.3 Å². The number of hydrazine groups is 1. The number of ether oxygens (including phenoxy) is 2. The number of aliphatic hydroxyl groups excluding tert-OH is 1. The average molecular weight is 715 g/mol. The fraction of sp³-hybridized carbons (Fsp3) is 0.394. The molecule has 0 spiro atoms. The zero-order valence-electron chi connectivity index (χ0n) is 23.9. The molecule has 1 amide bonds. The van der Waals surface area contributed by atoms with E-state index in [2.05, 4.69) is 42.7 Å². The number of hydrogen-bond donors (Lipinski definition) is 4. The summed E-state index contributed by atoms with van der Waals surface area (Å²) >= 11 is 7.34. The number of carbonyl (C=O) groups excluding carboxylic acids is 1. The minimum Gasteiger partial charge on any atom is -0.494 e. The summed E-state index contributed by atoms with van der Waals surface area (Å²) in [5.41, 5.74) is 6.10. The summed E-state index contributed by atoms with van der Waals surface area (Å²) in [6.07, 6.45) is 4.48. The fourth-order valence-electron chi connectivity index (χ4n) is 5.66. The second-order valence-corrected chi connectivity index (χ2v) is 12.9. The highest BCUT2D eigenvalue weighted by atomic mass is 79.9. The highest BCUT2D eigenvalue weighted by Crippen LogP contribution is 2.45. The smallest absolute Gasteiger partial charge is 0.266 e. The molecule has 0 aromatic heterocycles. The van der Waals surface area contributed by atoms with Crippen LogP contribution in [0.3, 0.4) is 0 Å². The molecule has 4 N–H and O–H groups in total. The summed E-state index contributed by atoms with van der Waals surface area (Å²) in [5, 5.41) is 20.1. The van der Waals surface area contributed by atoms with Crippen LogP contribution in [0.15, 0.2) is 86.7 Å². The number of nitrogens with one attached hydrogen (secondary N) is 2. The van der Waals surface area contributed by atoms with Crippen LogP contribution in [0.2, 0.25) is 0 Å². The Labute approximate surface area is 269 Å². The predicted molar refractivity (Wildman–Crippen MR) is 173 cm³/mol. The summed E-state index contributed by atoms with van der Waals surface area (Å²) in [6, 6.07) is 22.8. The summed E-state index contributed by atoms with van der Waals surface area (Å²) in [4.78, 5) is 19.5. The maximum Gasteiger partial charge on any atom is 0.266 e. The van der Waals surface area contributed by atoms with Gasteiger partial charge in [0.15, 0.2) is 11.6 Å². The van der Waals surface area contributed by atoms with Gasteiger partial charge in [-0.25, -0.2) is 10.4 Å². The van der Waals surface area contributed by atoms with E-state index in [1.54, 1.807) is 0 Å². The number of halogens is 2. The molecule has 3 aromatic rings. The molecule has 1 fully saturated rings. The minimum absolute atomic E-state index is 0.0645. The second kappa shape index (κ2) is 14.3. The molecule has 5 rings (SSSR count). The highest BCUT2D eigenvalue weighted by Gasteiger charge is 2.54. The largest absolute Gasteiger partial charge is 0.494 e. The van der Waals surface area contributed by atoms with Gasteiger partial charge >= 0.3 is 0 Å². The molecule has 10 heteroatoms. The van der Waals surface area contributed by atoms with Crippen molar-refractivity contribution < 1.29 is 24.5 Å². The number of aliphatic hydroxyl groups is 2. The third-order valence-corrected chi connectivity index (χ3v) is 9.53. The molecule has 0 bridgehead atoms. The van der Waals surface area contributed by atoms with E-state index in [9.17, 15) is 9.90 Å². The summed E-state index contributed by atoms with van der Waals surface area (Å²) in [5.74, 6) is 0.651. The number of nitrogens with zero attached hydrogens (tertiary/aromatic N) is 1. The average Bonchev–Trinajstić information content (AvgIpc) is 3.39. The first-order chi connectivity index (χ1) is 20.8. The highest BCUT2D eigenvalue weighted by molar-refractivity contribution is 9.10. The number of benzene rings is 3. The number of carbonyl (C=O) groups is 1. The summed E-state index contributed by atoms with van der Waals surface area (Å²) < 4.78 is 14.0. The maximum atomic E-state index is 14.4. The molecule has 2 atom stereocenters. The van der Waals surface area contributed by atoms with Gasteiger partial charge in [-0.05, 0) is 54.8 Å². The third-order valence-electron chi connectivity index (χ3n) is 8.04. The van der Waals surface area contributed by atoms with Crippen LogP contribution in [0.25, 0.3) is 0 Å². The molecule has 43 heavy (non-hydrogen) atoms. The molecule has 1 heterocycles. The Morgan fingerprint density at radius 1 is 0.977 bits per heavy atom. The molecular weight excluding hydrogens is 678 g/mol. The van der Waals surface area contributed by atoms with Crippen molar-refractivity contribution in [2.24, 2.45) is 4.99 Å². The van der Waals surface area contributed by atoms with E-state index < -0.39 is 17.2 Å². The summed E-state index contributed by atoms with van der Waals surface area (Å²) in [6.45, 7) is 0.725. The molecule has 2 aliphatic rings. The Morgan fingerprint density at radius 2 is 1.67 bits per heavy atom. The lowest BCUT2D eigenvalue weighted by molar-refractivity contribution is -0.130. The Kier molecular flexibility index (Phi) is 10.6. The molecule has 8 nitrogen and oxygen atoms in total. The van der Waals surface area contributed by atoms with Crippen LogP contribution in [-0.2, 0) is 16.0 Å². The van der Waals surface area contributed by atoms with Gasteiger partial charge in [0.25, 0.3) is 5.91 Å². The topological polar surface area (TPSA) is 112 Å². The predicted octanol–water partition coefficient (Wildman–Crippen LogP) is 5.79. The Morgan fingerprint density at radius 3 is 2.37 bits per heavy atom. The molecule has 3 aromatic carbocycles. The van der Waals surface area contributed by atoms with Crippen molar-refractivity contribution in [2.75, 3.05) is 19.8 Å². The van der Waals surface area contributed by atoms with Gasteiger partial charge in [-0.2, -0.15) is 0 Å². The molecular formula is C33H37Br2N3O5. The normalized spacial score (nSPS) is 21.1. The van der Waals surface area contributed by atoms with Gasteiger partial charge in [0, 0.05) is 46.1 Å². The molecule has 0 radical (unpaired) electrons. The van der Waals surface area contributed by atoms with E-state index >= 15 is 0 Å².